The summed E-state index contributed by atoms with van der Waals surface area (Å²) in [4.78, 5) is 7.47. The Bertz CT molecular complexity index is 689. The zero-order valence-corrected chi connectivity index (χ0v) is 11.5. The van der Waals surface area contributed by atoms with Gasteiger partial charge in [0, 0.05) is 18.9 Å². The van der Waals surface area contributed by atoms with Gasteiger partial charge in [0.05, 0.1) is 11.9 Å². The zero-order chi connectivity index (χ0) is 14.6. The summed E-state index contributed by atoms with van der Waals surface area (Å²) in [6.07, 6.45) is 3.44. The normalized spacial score (nSPS) is 11.1. The second-order valence-corrected chi connectivity index (χ2v) is 5.55. The Hall–Kier alpha value is -2.22. The molecule has 0 radical (unpaired) electrons. The van der Waals surface area contributed by atoms with Gasteiger partial charge in [-0.05, 0) is 25.1 Å². The van der Waals surface area contributed by atoms with E-state index in [9.17, 15) is 12.8 Å². The van der Waals surface area contributed by atoms with Crippen LogP contribution in [0, 0.1) is 5.82 Å². The Morgan fingerprint density at radius 2 is 2.05 bits per heavy atom. The van der Waals surface area contributed by atoms with Crippen LogP contribution in [-0.2, 0) is 10.0 Å². The third kappa shape index (κ3) is 3.21. The molecule has 2 aromatic rings. The van der Waals surface area contributed by atoms with E-state index >= 15 is 0 Å². The lowest BCUT2D eigenvalue weighted by atomic mass is 10.4. The summed E-state index contributed by atoms with van der Waals surface area (Å²) >= 11 is 0. The predicted octanol–water partition coefficient (Wildman–Crippen LogP) is 1.85. The lowest BCUT2D eigenvalue weighted by molar-refractivity contribution is 0.597. The lowest BCUT2D eigenvalue weighted by Gasteiger charge is -2.09. The van der Waals surface area contributed by atoms with Gasteiger partial charge in [-0.3, -0.25) is 9.71 Å². The van der Waals surface area contributed by atoms with Crippen LogP contribution in [0.5, 0.6) is 0 Å². The average molecular weight is 296 g/mol. The fraction of sp³-hybridized carbons (Fsp3) is 0.167. The van der Waals surface area contributed by atoms with Gasteiger partial charge in [-0.15, -0.1) is 0 Å². The van der Waals surface area contributed by atoms with Crippen molar-refractivity contribution in [1.82, 2.24) is 9.97 Å². The number of rotatable bonds is 5. The maximum absolute atomic E-state index is 13.4. The third-order valence-electron chi connectivity index (χ3n) is 2.42. The molecular weight excluding hydrogens is 283 g/mol. The molecule has 0 saturated carbocycles. The maximum Gasteiger partial charge on any atom is 0.263 e. The minimum atomic E-state index is -3.88. The SMILES string of the molecule is CCNc1ccc(S(=O)(=O)Nc2ccncc2F)cn1. The van der Waals surface area contributed by atoms with Crippen LogP contribution >= 0.6 is 0 Å². The van der Waals surface area contributed by atoms with E-state index in [1.54, 1.807) is 6.07 Å². The first kappa shape index (κ1) is 14.2. The first-order valence-corrected chi connectivity index (χ1v) is 7.33. The number of anilines is 2. The van der Waals surface area contributed by atoms with Crippen LogP contribution in [0.15, 0.2) is 41.7 Å². The molecule has 0 fully saturated rings. The lowest BCUT2D eigenvalue weighted by Crippen LogP contribution is -2.14. The van der Waals surface area contributed by atoms with Gasteiger partial charge in [0.1, 0.15) is 10.7 Å². The van der Waals surface area contributed by atoms with Crippen molar-refractivity contribution in [3.8, 4) is 0 Å². The Morgan fingerprint density at radius 3 is 2.65 bits per heavy atom. The van der Waals surface area contributed by atoms with Gasteiger partial charge in [0.2, 0.25) is 0 Å². The fourth-order valence-electron chi connectivity index (χ4n) is 1.49. The highest BCUT2D eigenvalue weighted by Crippen LogP contribution is 2.18. The van der Waals surface area contributed by atoms with Gasteiger partial charge in [-0.2, -0.15) is 0 Å². The quantitative estimate of drug-likeness (QED) is 0.879. The summed E-state index contributed by atoms with van der Waals surface area (Å²) in [5.41, 5.74) is -0.157. The van der Waals surface area contributed by atoms with E-state index in [-0.39, 0.29) is 10.6 Å². The number of halogens is 1. The first-order valence-electron chi connectivity index (χ1n) is 5.85. The first-order chi connectivity index (χ1) is 9.53. The molecule has 0 bridgehead atoms. The van der Waals surface area contributed by atoms with Crippen LogP contribution in [0.25, 0.3) is 0 Å². The van der Waals surface area contributed by atoms with Gasteiger partial charge < -0.3 is 5.32 Å². The molecule has 0 unspecified atom stereocenters. The van der Waals surface area contributed by atoms with Gasteiger partial charge >= 0.3 is 0 Å². The summed E-state index contributed by atoms with van der Waals surface area (Å²) in [7, 11) is -3.88. The van der Waals surface area contributed by atoms with Crippen LogP contribution in [0.1, 0.15) is 6.92 Å². The smallest absolute Gasteiger partial charge is 0.263 e. The van der Waals surface area contributed by atoms with E-state index in [0.29, 0.717) is 12.4 Å². The van der Waals surface area contributed by atoms with Crippen molar-refractivity contribution in [1.29, 1.82) is 0 Å². The van der Waals surface area contributed by atoms with Crippen LogP contribution in [0.3, 0.4) is 0 Å². The van der Waals surface area contributed by atoms with Gasteiger partial charge in [-0.1, -0.05) is 0 Å². The number of sulfonamides is 1. The van der Waals surface area contributed by atoms with Crippen molar-refractivity contribution in [3.05, 3.63) is 42.6 Å². The minimum Gasteiger partial charge on any atom is -0.370 e. The van der Waals surface area contributed by atoms with E-state index in [4.69, 9.17) is 0 Å². The van der Waals surface area contributed by atoms with Crippen molar-refractivity contribution in [2.45, 2.75) is 11.8 Å². The topological polar surface area (TPSA) is 84.0 Å². The van der Waals surface area contributed by atoms with Crippen LogP contribution in [0.2, 0.25) is 0 Å². The molecule has 0 aromatic carbocycles. The molecule has 0 saturated heterocycles. The Morgan fingerprint density at radius 1 is 1.25 bits per heavy atom. The number of aromatic nitrogens is 2. The van der Waals surface area contributed by atoms with Crippen molar-refractivity contribution < 1.29 is 12.8 Å². The molecular formula is C12H13FN4O2S. The molecule has 0 aliphatic carbocycles. The summed E-state index contributed by atoms with van der Waals surface area (Å²) in [5.74, 6) is -0.171. The molecule has 2 rings (SSSR count). The summed E-state index contributed by atoms with van der Waals surface area (Å²) in [5, 5.41) is 2.95. The van der Waals surface area contributed by atoms with Crippen molar-refractivity contribution in [2.24, 2.45) is 0 Å². The Balaban J connectivity index is 2.24. The molecule has 0 aliphatic rings. The number of pyridine rings is 2. The highest BCUT2D eigenvalue weighted by molar-refractivity contribution is 7.92. The van der Waals surface area contributed by atoms with Crippen LogP contribution < -0.4 is 10.0 Å². The molecule has 0 atom stereocenters. The zero-order valence-electron chi connectivity index (χ0n) is 10.7. The molecule has 8 heteroatoms. The monoisotopic (exact) mass is 296 g/mol. The van der Waals surface area contributed by atoms with E-state index in [0.717, 1.165) is 6.20 Å². The van der Waals surface area contributed by atoms with Gasteiger partial charge in [-0.25, -0.2) is 17.8 Å². The van der Waals surface area contributed by atoms with Gasteiger partial charge in [0.25, 0.3) is 10.0 Å². The van der Waals surface area contributed by atoms with E-state index in [1.165, 1.54) is 24.5 Å². The predicted molar refractivity (Wildman–Crippen MR) is 73.4 cm³/mol. The molecule has 6 nitrogen and oxygen atoms in total. The summed E-state index contributed by atoms with van der Waals surface area (Å²) in [6.45, 7) is 2.58. The largest absolute Gasteiger partial charge is 0.370 e. The number of hydrogen-bond donors (Lipinski definition) is 2. The van der Waals surface area contributed by atoms with Gasteiger partial charge in [0.15, 0.2) is 5.82 Å². The summed E-state index contributed by atoms with van der Waals surface area (Å²) in [6, 6.07) is 4.18. The van der Waals surface area contributed by atoms with E-state index in [1.807, 2.05) is 6.92 Å². The summed E-state index contributed by atoms with van der Waals surface area (Å²) < 4.78 is 39.7. The van der Waals surface area contributed by atoms with Crippen LogP contribution in [-0.4, -0.2) is 24.9 Å². The molecule has 106 valence electrons. The van der Waals surface area contributed by atoms with Crippen molar-refractivity contribution in [2.75, 3.05) is 16.6 Å². The van der Waals surface area contributed by atoms with Crippen molar-refractivity contribution in [3.63, 3.8) is 0 Å². The standard InChI is InChI=1S/C12H13FN4O2S/c1-2-15-12-4-3-9(7-16-12)20(18,19)17-11-5-6-14-8-10(11)13/h3-8H,2H2,1H3,(H,14,17)(H,15,16). The molecule has 0 aliphatic heterocycles. The van der Waals surface area contributed by atoms with E-state index < -0.39 is 15.8 Å². The number of hydrogen-bond acceptors (Lipinski definition) is 5. The molecule has 20 heavy (non-hydrogen) atoms. The average Bonchev–Trinajstić information content (AvgIpc) is 2.42. The van der Waals surface area contributed by atoms with Crippen LogP contribution in [0.4, 0.5) is 15.9 Å². The molecule has 2 aromatic heterocycles. The Labute approximate surface area is 116 Å². The highest BCUT2D eigenvalue weighted by atomic mass is 32.2. The number of nitrogens with one attached hydrogen (secondary N) is 2. The van der Waals surface area contributed by atoms with Crippen molar-refractivity contribution >= 4 is 21.5 Å². The second kappa shape index (κ2) is 5.83. The fourth-order valence-corrected chi connectivity index (χ4v) is 2.50. The second-order valence-electron chi connectivity index (χ2n) is 3.87. The molecule has 0 amide bonds. The molecule has 0 spiro atoms. The highest BCUT2D eigenvalue weighted by Gasteiger charge is 2.16. The van der Waals surface area contributed by atoms with E-state index in [2.05, 4.69) is 20.0 Å². The minimum absolute atomic E-state index is 0.0460. The number of nitrogens with zero attached hydrogens (tertiary/aromatic N) is 2. The third-order valence-corrected chi connectivity index (χ3v) is 3.77. The Kier molecular flexibility index (Phi) is 4.14. The molecule has 2 heterocycles. The molecule has 2 N–H and O–H groups in total. The maximum atomic E-state index is 13.4.